The van der Waals surface area contributed by atoms with Crippen LogP contribution < -0.4 is 10.0 Å². The van der Waals surface area contributed by atoms with E-state index >= 15 is 0 Å². The van der Waals surface area contributed by atoms with Crippen LogP contribution in [0.2, 0.25) is 0 Å². The van der Waals surface area contributed by atoms with E-state index in [-0.39, 0.29) is 23.0 Å². The van der Waals surface area contributed by atoms with Crippen molar-refractivity contribution in [1.29, 1.82) is 0 Å². The molecule has 128 valence electrons. The molecule has 0 aliphatic carbocycles. The van der Waals surface area contributed by atoms with E-state index < -0.39 is 38.0 Å². The maximum Gasteiger partial charge on any atom is 0.407 e. The van der Waals surface area contributed by atoms with Gasteiger partial charge in [-0.2, -0.15) is 0 Å². The maximum atomic E-state index is 12.3. The number of carbonyl (C=O) groups excluding carboxylic acids is 1. The normalized spacial score (nSPS) is 23.3. The smallest absolute Gasteiger partial charge is 0.407 e. The standard InChI is InChI=1S/C13H18N2O6S2/c1-2-21-13(16)14-11-8-22(17,18)9-12(11)15-23(19,20)10-6-4-3-5-7-10/h3-7,11-12,15H,2,8-9H2,1H3,(H,14,16)/t11-,12+/m1/s1. The van der Waals surface area contributed by atoms with Crippen molar-refractivity contribution in [3.63, 3.8) is 0 Å². The highest BCUT2D eigenvalue weighted by molar-refractivity contribution is 7.92. The van der Waals surface area contributed by atoms with Gasteiger partial charge in [-0.3, -0.25) is 0 Å². The summed E-state index contributed by atoms with van der Waals surface area (Å²) in [5.41, 5.74) is 0. The Balaban J connectivity index is 2.17. The first-order valence-electron chi connectivity index (χ1n) is 6.94. The van der Waals surface area contributed by atoms with Crippen LogP contribution in [-0.4, -0.2) is 53.1 Å². The molecule has 1 fully saturated rings. The Morgan fingerprint density at radius 3 is 2.43 bits per heavy atom. The Morgan fingerprint density at radius 2 is 1.83 bits per heavy atom. The third-order valence-electron chi connectivity index (χ3n) is 3.29. The molecule has 8 nitrogen and oxygen atoms in total. The quantitative estimate of drug-likeness (QED) is 0.754. The Labute approximate surface area is 135 Å². The number of sulfonamides is 1. The topological polar surface area (TPSA) is 119 Å². The molecule has 1 aromatic carbocycles. The lowest BCUT2D eigenvalue weighted by Gasteiger charge is -2.20. The molecular formula is C13H18N2O6S2. The highest BCUT2D eigenvalue weighted by Gasteiger charge is 2.41. The fourth-order valence-corrected chi connectivity index (χ4v) is 5.56. The number of carbonyl (C=O) groups is 1. The third kappa shape index (κ3) is 4.66. The fraction of sp³-hybridized carbons (Fsp3) is 0.462. The molecule has 0 radical (unpaired) electrons. The van der Waals surface area contributed by atoms with Crippen LogP contribution in [0.15, 0.2) is 35.2 Å². The van der Waals surface area contributed by atoms with Gasteiger partial charge in [0, 0.05) is 0 Å². The second kappa shape index (κ2) is 6.85. The van der Waals surface area contributed by atoms with Crippen molar-refractivity contribution >= 4 is 26.0 Å². The molecule has 1 aliphatic rings. The average Bonchev–Trinajstić information content (AvgIpc) is 2.73. The molecule has 1 aromatic rings. The highest BCUT2D eigenvalue weighted by atomic mass is 32.2. The Morgan fingerprint density at radius 1 is 1.22 bits per heavy atom. The van der Waals surface area contributed by atoms with Crippen molar-refractivity contribution in [2.24, 2.45) is 0 Å². The number of nitrogens with one attached hydrogen (secondary N) is 2. The molecule has 2 rings (SSSR count). The minimum Gasteiger partial charge on any atom is -0.450 e. The first kappa shape index (κ1) is 17.7. The van der Waals surface area contributed by atoms with Crippen LogP contribution >= 0.6 is 0 Å². The van der Waals surface area contributed by atoms with Gasteiger partial charge in [0.25, 0.3) is 0 Å². The minimum absolute atomic E-state index is 0.0270. The van der Waals surface area contributed by atoms with Gasteiger partial charge in [0.05, 0.1) is 35.1 Å². The maximum absolute atomic E-state index is 12.3. The van der Waals surface area contributed by atoms with Crippen LogP contribution in [0.1, 0.15) is 6.92 Å². The number of alkyl carbamates (subject to hydrolysis) is 1. The number of rotatable bonds is 5. The SMILES string of the molecule is CCOC(=O)N[C@@H]1CS(=O)(=O)C[C@@H]1NS(=O)(=O)c1ccccc1. The predicted molar refractivity (Wildman–Crippen MR) is 83.2 cm³/mol. The summed E-state index contributed by atoms with van der Waals surface area (Å²) in [5, 5.41) is 2.39. The van der Waals surface area contributed by atoms with Gasteiger partial charge in [-0.15, -0.1) is 0 Å². The Bertz CT molecular complexity index is 761. The predicted octanol–water partition coefficient (Wildman–Crippen LogP) is -0.123. The van der Waals surface area contributed by atoms with Gasteiger partial charge in [0.2, 0.25) is 10.0 Å². The highest BCUT2D eigenvalue weighted by Crippen LogP contribution is 2.16. The van der Waals surface area contributed by atoms with Crippen LogP contribution in [0.25, 0.3) is 0 Å². The van der Waals surface area contributed by atoms with Gasteiger partial charge in [-0.1, -0.05) is 18.2 Å². The van der Waals surface area contributed by atoms with Gasteiger partial charge < -0.3 is 10.1 Å². The molecule has 1 amide bonds. The number of benzene rings is 1. The van der Waals surface area contributed by atoms with E-state index in [1.54, 1.807) is 25.1 Å². The molecule has 2 atom stereocenters. The van der Waals surface area contributed by atoms with Gasteiger partial charge in [-0.05, 0) is 19.1 Å². The molecule has 0 unspecified atom stereocenters. The lowest BCUT2D eigenvalue weighted by Crippen LogP contribution is -2.50. The molecule has 1 aliphatic heterocycles. The molecule has 0 aromatic heterocycles. The van der Waals surface area contributed by atoms with Crippen LogP contribution in [-0.2, 0) is 24.6 Å². The van der Waals surface area contributed by atoms with Crippen molar-refractivity contribution in [2.75, 3.05) is 18.1 Å². The van der Waals surface area contributed by atoms with Gasteiger partial charge >= 0.3 is 6.09 Å². The first-order valence-corrected chi connectivity index (χ1v) is 10.2. The first-order chi connectivity index (χ1) is 10.7. The zero-order valence-corrected chi connectivity index (χ0v) is 14.1. The number of amides is 1. The number of ether oxygens (including phenoxy) is 1. The lowest BCUT2D eigenvalue weighted by atomic mass is 10.2. The summed E-state index contributed by atoms with van der Waals surface area (Å²) in [7, 11) is -7.34. The van der Waals surface area contributed by atoms with E-state index in [4.69, 9.17) is 4.74 Å². The Kier molecular flexibility index (Phi) is 5.27. The summed E-state index contributed by atoms with van der Waals surface area (Å²) in [4.78, 5) is 11.5. The summed E-state index contributed by atoms with van der Waals surface area (Å²) in [5.74, 6) is -0.718. The zero-order chi connectivity index (χ0) is 17.1. The van der Waals surface area contributed by atoms with Crippen molar-refractivity contribution in [3.8, 4) is 0 Å². The van der Waals surface area contributed by atoms with Crippen LogP contribution in [0.4, 0.5) is 4.79 Å². The number of hydrogen-bond donors (Lipinski definition) is 2. The van der Waals surface area contributed by atoms with Gasteiger partial charge in [0.1, 0.15) is 0 Å². The lowest BCUT2D eigenvalue weighted by molar-refractivity contribution is 0.148. The summed E-state index contributed by atoms with van der Waals surface area (Å²) < 4.78 is 55.2. The van der Waals surface area contributed by atoms with Gasteiger partial charge in [0.15, 0.2) is 9.84 Å². The second-order valence-electron chi connectivity index (χ2n) is 5.09. The average molecular weight is 362 g/mol. The summed E-state index contributed by atoms with van der Waals surface area (Å²) in [6, 6.07) is 5.78. The summed E-state index contributed by atoms with van der Waals surface area (Å²) >= 11 is 0. The van der Waals surface area contributed by atoms with E-state index in [1.165, 1.54) is 12.1 Å². The summed E-state index contributed by atoms with van der Waals surface area (Å²) in [6.07, 6.45) is -0.779. The van der Waals surface area contributed by atoms with Crippen molar-refractivity contribution in [3.05, 3.63) is 30.3 Å². The molecule has 1 saturated heterocycles. The molecule has 0 bridgehead atoms. The molecular weight excluding hydrogens is 344 g/mol. The third-order valence-corrected chi connectivity index (χ3v) is 6.53. The molecule has 23 heavy (non-hydrogen) atoms. The summed E-state index contributed by atoms with van der Waals surface area (Å²) in [6.45, 7) is 1.74. The van der Waals surface area contributed by atoms with Crippen molar-refractivity contribution in [1.82, 2.24) is 10.0 Å². The number of sulfone groups is 1. The van der Waals surface area contributed by atoms with E-state index in [2.05, 4.69) is 10.0 Å². The largest absolute Gasteiger partial charge is 0.450 e. The van der Waals surface area contributed by atoms with Crippen molar-refractivity contribution < 1.29 is 26.4 Å². The van der Waals surface area contributed by atoms with E-state index in [9.17, 15) is 21.6 Å². The van der Waals surface area contributed by atoms with E-state index in [0.29, 0.717) is 0 Å². The molecule has 1 heterocycles. The number of hydrogen-bond acceptors (Lipinski definition) is 6. The monoisotopic (exact) mass is 362 g/mol. The molecule has 0 saturated carbocycles. The van der Waals surface area contributed by atoms with Crippen LogP contribution in [0.5, 0.6) is 0 Å². The Hall–Kier alpha value is -1.65. The second-order valence-corrected chi connectivity index (χ2v) is 8.96. The fourth-order valence-electron chi connectivity index (χ4n) is 2.30. The van der Waals surface area contributed by atoms with E-state index in [1.807, 2.05) is 0 Å². The van der Waals surface area contributed by atoms with Crippen LogP contribution in [0.3, 0.4) is 0 Å². The van der Waals surface area contributed by atoms with Gasteiger partial charge in [-0.25, -0.2) is 26.4 Å². The van der Waals surface area contributed by atoms with Crippen LogP contribution in [0, 0.1) is 0 Å². The minimum atomic E-state index is -3.88. The molecule has 10 heteroatoms. The molecule has 2 N–H and O–H groups in total. The van der Waals surface area contributed by atoms with E-state index in [0.717, 1.165) is 0 Å². The molecule has 0 spiro atoms. The van der Waals surface area contributed by atoms with Crippen molar-refractivity contribution in [2.45, 2.75) is 23.9 Å². The zero-order valence-electron chi connectivity index (χ0n) is 12.4.